The molecule has 0 radical (unpaired) electrons. The molecule has 8 nitrogen and oxygen atoms in total. The molecule has 154 valence electrons. The first-order valence-electron chi connectivity index (χ1n) is 10.00. The Morgan fingerprint density at radius 2 is 2.03 bits per heavy atom. The monoisotopic (exact) mass is 407 g/mol. The number of aromatic nitrogens is 5. The van der Waals surface area contributed by atoms with Gasteiger partial charge in [-0.3, -0.25) is 0 Å². The molecule has 0 bridgehead atoms. The number of hydrogen-bond donors (Lipinski definition) is 1. The molecule has 5 rings (SSSR count). The maximum Gasteiger partial charge on any atom is 0.355 e. The first kappa shape index (κ1) is 18.7. The summed E-state index contributed by atoms with van der Waals surface area (Å²) in [6, 6.07) is 5.52. The van der Waals surface area contributed by atoms with Crippen LogP contribution in [0.3, 0.4) is 0 Å². The van der Waals surface area contributed by atoms with Gasteiger partial charge in [-0.1, -0.05) is 0 Å². The van der Waals surface area contributed by atoms with E-state index in [0.29, 0.717) is 22.9 Å². The van der Waals surface area contributed by atoms with Crippen LogP contribution in [0.4, 0.5) is 10.1 Å². The van der Waals surface area contributed by atoms with Crippen molar-refractivity contribution in [2.75, 3.05) is 25.0 Å². The summed E-state index contributed by atoms with van der Waals surface area (Å²) in [6.07, 6.45) is 7.42. The molecule has 0 aliphatic carbocycles. The quantitative estimate of drug-likeness (QED) is 0.560. The summed E-state index contributed by atoms with van der Waals surface area (Å²) in [6.45, 7) is 3.63. The molecule has 1 N–H and O–H groups in total. The van der Waals surface area contributed by atoms with Crippen molar-refractivity contribution in [1.29, 1.82) is 0 Å². The number of imidazole rings is 1. The molecule has 5 heterocycles. The van der Waals surface area contributed by atoms with Gasteiger partial charge in [0.05, 0.1) is 11.4 Å². The summed E-state index contributed by atoms with van der Waals surface area (Å²) in [7, 11) is 1.97. The lowest BCUT2D eigenvalue weighted by Crippen LogP contribution is -2.44. The van der Waals surface area contributed by atoms with E-state index in [1.807, 2.05) is 13.1 Å². The molecule has 1 aliphatic rings. The molecule has 1 aliphatic heterocycles. The van der Waals surface area contributed by atoms with E-state index in [2.05, 4.69) is 25.2 Å². The Morgan fingerprint density at radius 1 is 1.17 bits per heavy atom. The Kier molecular flexibility index (Phi) is 4.47. The standard InChI is InChI=1S/C21H22FN7O/c1-13-9-28-10-14(8-17(22)20(28)24-13)19-25-18-6-5-16(12-29(18)21(30)26-19)27-7-3-4-15(11-27)23-2/h5-6,8-10,12,15,23H,3-4,7,11H2,1-2H3. The SMILES string of the molecule is CNC1CCCN(c2ccc3nc(-c4cc(F)c5nc(C)cn5c4)nc(=O)n3c2)C1. The van der Waals surface area contributed by atoms with Crippen LogP contribution in [0.5, 0.6) is 0 Å². The fourth-order valence-electron chi connectivity index (χ4n) is 4.07. The number of hydrogen-bond acceptors (Lipinski definition) is 6. The zero-order valence-electron chi connectivity index (χ0n) is 16.8. The van der Waals surface area contributed by atoms with Crippen LogP contribution in [0.2, 0.25) is 0 Å². The van der Waals surface area contributed by atoms with E-state index in [1.54, 1.807) is 36.0 Å². The van der Waals surface area contributed by atoms with Crippen molar-refractivity contribution >= 4 is 17.0 Å². The Hall–Kier alpha value is -3.33. The van der Waals surface area contributed by atoms with Gasteiger partial charge in [0.25, 0.3) is 0 Å². The first-order valence-corrected chi connectivity index (χ1v) is 10.00. The zero-order chi connectivity index (χ0) is 20.8. The Labute approximate surface area is 172 Å². The number of piperidine rings is 1. The van der Waals surface area contributed by atoms with Crippen molar-refractivity contribution in [3.8, 4) is 11.4 Å². The minimum absolute atomic E-state index is 0.188. The lowest BCUT2D eigenvalue weighted by atomic mass is 10.1. The number of likely N-dealkylation sites (N-methyl/N-ethyl adjacent to an activating group) is 1. The lowest BCUT2D eigenvalue weighted by Gasteiger charge is -2.34. The summed E-state index contributed by atoms with van der Waals surface area (Å²) in [5, 5.41) is 3.32. The van der Waals surface area contributed by atoms with E-state index in [-0.39, 0.29) is 11.5 Å². The van der Waals surface area contributed by atoms with Crippen LogP contribution in [0.25, 0.3) is 22.7 Å². The van der Waals surface area contributed by atoms with Gasteiger partial charge in [0.15, 0.2) is 17.3 Å². The predicted octanol–water partition coefficient (Wildman–Crippen LogP) is 2.04. The number of nitrogens with one attached hydrogen (secondary N) is 1. The average Bonchev–Trinajstić information content (AvgIpc) is 3.14. The number of rotatable bonds is 3. The largest absolute Gasteiger partial charge is 0.369 e. The normalized spacial score (nSPS) is 17.2. The minimum atomic E-state index is -0.482. The van der Waals surface area contributed by atoms with Gasteiger partial charge in [0, 0.05) is 43.3 Å². The number of pyridine rings is 2. The second-order valence-corrected chi connectivity index (χ2v) is 7.71. The second kappa shape index (κ2) is 7.17. The average molecular weight is 407 g/mol. The van der Waals surface area contributed by atoms with Crippen LogP contribution in [-0.4, -0.2) is 49.9 Å². The van der Waals surface area contributed by atoms with E-state index in [1.165, 1.54) is 10.5 Å². The van der Waals surface area contributed by atoms with Gasteiger partial charge in [-0.05, 0) is 45.0 Å². The first-order chi connectivity index (χ1) is 14.5. The van der Waals surface area contributed by atoms with Crippen molar-refractivity contribution < 1.29 is 4.39 Å². The third-order valence-electron chi connectivity index (χ3n) is 5.62. The van der Waals surface area contributed by atoms with Crippen molar-refractivity contribution in [2.24, 2.45) is 0 Å². The van der Waals surface area contributed by atoms with Gasteiger partial charge in [-0.2, -0.15) is 4.98 Å². The zero-order valence-corrected chi connectivity index (χ0v) is 16.8. The van der Waals surface area contributed by atoms with Crippen LogP contribution in [0.15, 0.2) is 41.6 Å². The Bertz CT molecular complexity index is 1310. The van der Waals surface area contributed by atoms with Crippen LogP contribution in [0.1, 0.15) is 18.5 Å². The lowest BCUT2D eigenvalue weighted by molar-refractivity contribution is 0.449. The van der Waals surface area contributed by atoms with E-state index in [0.717, 1.165) is 31.6 Å². The molecule has 0 spiro atoms. The van der Waals surface area contributed by atoms with E-state index in [9.17, 15) is 9.18 Å². The molecule has 4 aromatic rings. The Balaban J connectivity index is 1.55. The highest BCUT2D eigenvalue weighted by atomic mass is 19.1. The fourth-order valence-corrected chi connectivity index (χ4v) is 4.07. The highest BCUT2D eigenvalue weighted by molar-refractivity contribution is 5.61. The van der Waals surface area contributed by atoms with Gasteiger partial charge < -0.3 is 14.6 Å². The van der Waals surface area contributed by atoms with Gasteiger partial charge in [-0.25, -0.2) is 23.6 Å². The number of aryl methyl sites for hydroxylation is 1. The van der Waals surface area contributed by atoms with Crippen LogP contribution in [-0.2, 0) is 0 Å². The molecule has 0 aromatic carbocycles. The fraction of sp³-hybridized carbons (Fsp3) is 0.333. The van der Waals surface area contributed by atoms with Crippen molar-refractivity contribution in [2.45, 2.75) is 25.8 Å². The predicted molar refractivity (Wildman–Crippen MR) is 112 cm³/mol. The van der Waals surface area contributed by atoms with Crippen LogP contribution < -0.4 is 15.9 Å². The summed E-state index contributed by atoms with van der Waals surface area (Å²) < 4.78 is 17.5. The smallest absolute Gasteiger partial charge is 0.355 e. The second-order valence-electron chi connectivity index (χ2n) is 7.71. The number of anilines is 1. The summed E-state index contributed by atoms with van der Waals surface area (Å²) >= 11 is 0. The number of nitrogens with zero attached hydrogens (tertiary/aromatic N) is 6. The molecule has 1 atom stereocenters. The van der Waals surface area contributed by atoms with Crippen molar-refractivity contribution in [1.82, 2.24) is 29.1 Å². The van der Waals surface area contributed by atoms with Gasteiger partial charge in [0.2, 0.25) is 0 Å². The summed E-state index contributed by atoms with van der Waals surface area (Å²) in [5.41, 5.74) is 2.35. The summed E-state index contributed by atoms with van der Waals surface area (Å²) in [4.78, 5) is 27.8. The third kappa shape index (κ3) is 3.21. The van der Waals surface area contributed by atoms with Gasteiger partial charge in [-0.15, -0.1) is 0 Å². The van der Waals surface area contributed by atoms with Crippen molar-refractivity contribution in [3.63, 3.8) is 0 Å². The van der Waals surface area contributed by atoms with Crippen LogP contribution in [0, 0.1) is 12.7 Å². The molecular weight excluding hydrogens is 385 g/mol. The highest BCUT2D eigenvalue weighted by Crippen LogP contribution is 2.22. The topological polar surface area (TPSA) is 79.8 Å². The van der Waals surface area contributed by atoms with Crippen LogP contribution >= 0.6 is 0 Å². The molecule has 4 aromatic heterocycles. The molecule has 1 unspecified atom stereocenters. The van der Waals surface area contributed by atoms with E-state index >= 15 is 0 Å². The third-order valence-corrected chi connectivity index (χ3v) is 5.62. The Morgan fingerprint density at radius 3 is 2.87 bits per heavy atom. The molecule has 1 saturated heterocycles. The molecule has 0 saturated carbocycles. The number of halogens is 1. The van der Waals surface area contributed by atoms with Gasteiger partial charge >= 0.3 is 5.69 Å². The van der Waals surface area contributed by atoms with E-state index in [4.69, 9.17) is 0 Å². The maximum atomic E-state index is 14.4. The van der Waals surface area contributed by atoms with Crippen molar-refractivity contribution in [3.05, 3.63) is 58.8 Å². The minimum Gasteiger partial charge on any atom is -0.369 e. The molecule has 1 fully saturated rings. The molecule has 9 heteroatoms. The maximum absolute atomic E-state index is 14.4. The van der Waals surface area contributed by atoms with E-state index < -0.39 is 11.5 Å². The van der Waals surface area contributed by atoms with Gasteiger partial charge in [0.1, 0.15) is 5.65 Å². The molecule has 0 amide bonds. The number of fused-ring (bicyclic) bond motifs is 2. The summed E-state index contributed by atoms with van der Waals surface area (Å²) in [5.74, 6) is -0.294. The molecular formula is C21H22FN7O. The highest BCUT2D eigenvalue weighted by Gasteiger charge is 2.19. The molecule has 30 heavy (non-hydrogen) atoms.